The van der Waals surface area contributed by atoms with Crippen LogP contribution < -0.4 is 5.32 Å². The minimum atomic E-state index is -0.579. The predicted octanol–water partition coefficient (Wildman–Crippen LogP) is 6.07. The van der Waals surface area contributed by atoms with Crippen molar-refractivity contribution in [3.05, 3.63) is 106 Å². The monoisotopic (exact) mass is 448 g/mol. The van der Waals surface area contributed by atoms with Crippen LogP contribution in [0.4, 0.5) is 5.13 Å². The third-order valence-electron chi connectivity index (χ3n) is 4.47. The van der Waals surface area contributed by atoms with Crippen LogP contribution in [0, 0.1) is 0 Å². The van der Waals surface area contributed by atoms with Gasteiger partial charge in [-0.2, -0.15) is 0 Å². The molecule has 154 valence electrons. The first-order valence-corrected chi connectivity index (χ1v) is 10.7. The summed E-state index contributed by atoms with van der Waals surface area (Å²) in [4.78, 5) is 29.9. The third-order valence-corrected chi connectivity index (χ3v) is 5.48. The van der Waals surface area contributed by atoms with Crippen LogP contribution in [0.15, 0.2) is 84.2 Å². The van der Waals surface area contributed by atoms with E-state index in [1.54, 1.807) is 48.5 Å². The highest BCUT2D eigenvalue weighted by molar-refractivity contribution is 7.14. The van der Waals surface area contributed by atoms with Crippen molar-refractivity contribution in [3.8, 4) is 11.3 Å². The van der Waals surface area contributed by atoms with Crippen LogP contribution in [0.2, 0.25) is 5.02 Å². The highest BCUT2D eigenvalue weighted by Crippen LogP contribution is 2.25. The van der Waals surface area contributed by atoms with E-state index in [0.717, 1.165) is 16.8 Å². The average molecular weight is 449 g/mol. The molecule has 3 aromatic carbocycles. The first kappa shape index (κ1) is 20.8. The molecule has 1 heterocycles. The molecule has 31 heavy (non-hydrogen) atoms. The van der Waals surface area contributed by atoms with Crippen molar-refractivity contribution in [3.63, 3.8) is 0 Å². The standard InChI is InChI=1S/C24H17ClN2O3S/c25-18-12-10-16(11-13-18)14-30-23(29)20-9-5-4-8-19(20)22(28)27-24-26-21(15-31-24)17-6-2-1-3-7-17/h1-13,15H,14H2,(H,26,27,28). The molecule has 0 atom stereocenters. The van der Waals surface area contributed by atoms with Crippen molar-refractivity contribution in [2.24, 2.45) is 0 Å². The molecule has 0 fully saturated rings. The summed E-state index contributed by atoms with van der Waals surface area (Å²) in [6.45, 7) is 0.0822. The molecule has 5 nitrogen and oxygen atoms in total. The van der Waals surface area contributed by atoms with E-state index in [-0.39, 0.29) is 17.7 Å². The number of benzene rings is 3. The summed E-state index contributed by atoms with van der Waals surface area (Å²) in [7, 11) is 0. The second-order valence-electron chi connectivity index (χ2n) is 6.61. The molecule has 0 unspecified atom stereocenters. The summed E-state index contributed by atoms with van der Waals surface area (Å²) < 4.78 is 5.38. The first-order valence-electron chi connectivity index (χ1n) is 9.43. The average Bonchev–Trinajstić information content (AvgIpc) is 3.27. The van der Waals surface area contributed by atoms with Crippen LogP contribution >= 0.6 is 22.9 Å². The summed E-state index contributed by atoms with van der Waals surface area (Å²) in [5.41, 5.74) is 2.95. The Morgan fingerprint density at radius 2 is 1.58 bits per heavy atom. The Labute approximate surface area is 188 Å². The molecular formula is C24H17ClN2O3S. The van der Waals surface area contributed by atoms with Crippen molar-refractivity contribution >= 4 is 39.9 Å². The lowest BCUT2D eigenvalue weighted by Gasteiger charge is -2.09. The van der Waals surface area contributed by atoms with Gasteiger partial charge in [-0.3, -0.25) is 10.1 Å². The van der Waals surface area contributed by atoms with Gasteiger partial charge in [0, 0.05) is 16.0 Å². The van der Waals surface area contributed by atoms with Gasteiger partial charge in [0.25, 0.3) is 5.91 Å². The van der Waals surface area contributed by atoms with Crippen molar-refractivity contribution in [1.82, 2.24) is 4.98 Å². The molecule has 0 aliphatic carbocycles. The van der Waals surface area contributed by atoms with Crippen molar-refractivity contribution in [1.29, 1.82) is 0 Å². The molecule has 0 aliphatic heterocycles. The van der Waals surface area contributed by atoms with E-state index in [1.165, 1.54) is 11.3 Å². The number of esters is 1. The number of carbonyl (C=O) groups is 2. The number of nitrogens with zero attached hydrogens (tertiary/aromatic N) is 1. The molecule has 0 saturated carbocycles. The second kappa shape index (κ2) is 9.55. The highest BCUT2D eigenvalue weighted by atomic mass is 35.5. The highest BCUT2D eigenvalue weighted by Gasteiger charge is 2.19. The Hall–Kier alpha value is -3.48. The SMILES string of the molecule is O=C(Nc1nc(-c2ccccc2)cs1)c1ccccc1C(=O)OCc1ccc(Cl)cc1. The molecule has 0 saturated heterocycles. The number of anilines is 1. The molecule has 0 radical (unpaired) electrons. The fraction of sp³-hybridized carbons (Fsp3) is 0.0417. The molecular weight excluding hydrogens is 432 g/mol. The molecule has 7 heteroatoms. The quantitative estimate of drug-likeness (QED) is 0.363. The van der Waals surface area contributed by atoms with E-state index in [4.69, 9.17) is 16.3 Å². The number of carbonyl (C=O) groups excluding carboxylic acids is 2. The van der Waals surface area contributed by atoms with Crippen molar-refractivity contribution < 1.29 is 14.3 Å². The Morgan fingerprint density at radius 1 is 0.903 bits per heavy atom. The molecule has 1 aromatic heterocycles. The Kier molecular flexibility index (Phi) is 6.40. The molecule has 1 N–H and O–H groups in total. The lowest BCUT2D eigenvalue weighted by atomic mass is 10.1. The minimum Gasteiger partial charge on any atom is -0.457 e. The van der Waals surface area contributed by atoms with Gasteiger partial charge in [0.2, 0.25) is 0 Å². The number of halogens is 1. The molecule has 0 aliphatic rings. The summed E-state index contributed by atoms with van der Waals surface area (Å²) >= 11 is 7.19. The topological polar surface area (TPSA) is 68.3 Å². The summed E-state index contributed by atoms with van der Waals surface area (Å²) in [6, 6.07) is 23.2. The zero-order chi connectivity index (χ0) is 21.6. The number of hydrogen-bond acceptors (Lipinski definition) is 5. The van der Waals surface area contributed by atoms with Crippen LogP contribution in [0.5, 0.6) is 0 Å². The zero-order valence-electron chi connectivity index (χ0n) is 16.2. The van der Waals surface area contributed by atoms with Gasteiger partial charge in [0.15, 0.2) is 5.13 Å². The van der Waals surface area contributed by atoms with Gasteiger partial charge in [-0.1, -0.05) is 66.2 Å². The number of ether oxygens (including phenoxy) is 1. The fourth-order valence-electron chi connectivity index (χ4n) is 2.90. The van der Waals surface area contributed by atoms with Crippen LogP contribution in [-0.4, -0.2) is 16.9 Å². The van der Waals surface area contributed by atoms with E-state index in [2.05, 4.69) is 10.3 Å². The molecule has 4 rings (SSSR count). The van der Waals surface area contributed by atoms with Gasteiger partial charge >= 0.3 is 5.97 Å². The van der Waals surface area contributed by atoms with Gasteiger partial charge in [0.1, 0.15) is 6.61 Å². The van der Waals surface area contributed by atoms with E-state index in [9.17, 15) is 9.59 Å². The normalized spacial score (nSPS) is 10.5. The van der Waals surface area contributed by atoms with E-state index >= 15 is 0 Å². The fourth-order valence-corrected chi connectivity index (χ4v) is 3.74. The summed E-state index contributed by atoms with van der Waals surface area (Å²) in [5, 5.41) is 5.70. The maximum atomic E-state index is 12.8. The van der Waals surface area contributed by atoms with E-state index < -0.39 is 11.9 Å². The lowest BCUT2D eigenvalue weighted by Crippen LogP contribution is -2.17. The van der Waals surface area contributed by atoms with Crippen LogP contribution in [-0.2, 0) is 11.3 Å². The zero-order valence-corrected chi connectivity index (χ0v) is 17.8. The Bertz CT molecular complexity index is 1210. The number of thiazole rings is 1. The smallest absolute Gasteiger partial charge is 0.339 e. The van der Waals surface area contributed by atoms with Crippen molar-refractivity contribution in [2.45, 2.75) is 6.61 Å². The summed E-state index contributed by atoms with van der Waals surface area (Å²) in [5.74, 6) is -1.00. The lowest BCUT2D eigenvalue weighted by molar-refractivity contribution is 0.0470. The number of hydrogen-bond donors (Lipinski definition) is 1. The molecule has 1 amide bonds. The van der Waals surface area contributed by atoms with Crippen molar-refractivity contribution in [2.75, 3.05) is 5.32 Å². The first-order chi connectivity index (χ1) is 15.1. The maximum absolute atomic E-state index is 12.8. The van der Waals surface area contributed by atoms with Crippen LogP contribution in [0.1, 0.15) is 26.3 Å². The summed E-state index contributed by atoms with van der Waals surface area (Å²) in [6.07, 6.45) is 0. The van der Waals surface area contributed by atoms with E-state index in [0.29, 0.717) is 10.2 Å². The maximum Gasteiger partial charge on any atom is 0.339 e. The Morgan fingerprint density at radius 3 is 2.32 bits per heavy atom. The molecule has 4 aromatic rings. The molecule has 0 bridgehead atoms. The van der Waals surface area contributed by atoms with E-state index in [1.807, 2.05) is 35.7 Å². The van der Waals surface area contributed by atoms with Gasteiger partial charge < -0.3 is 4.74 Å². The number of aromatic nitrogens is 1. The second-order valence-corrected chi connectivity index (χ2v) is 7.90. The number of nitrogens with one attached hydrogen (secondary N) is 1. The van der Waals surface area contributed by atoms with Crippen LogP contribution in [0.3, 0.4) is 0 Å². The minimum absolute atomic E-state index is 0.0822. The largest absolute Gasteiger partial charge is 0.457 e. The Balaban J connectivity index is 1.46. The van der Waals surface area contributed by atoms with Gasteiger partial charge in [-0.25, -0.2) is 9.78 Å². The van der Waals surface area contributed by atoms with Gasteiger partial charge in [-0.05, 0) is 29.8 Å². The van der Waals surface area contributed by atoms with Gasteiger partial charge in [-0.15, -0.1) is 11.3 Å². The van der Waals surface area contributed by atoms with Gasteiger partial charge in [0.05, 0.1) is 16.8 Å². The predicted molar refractivity (Wildman–Crippen MR) is 123 cm³/mol. The third kappa shape index (κ3) is 5.17. The van der Waals surface area contributed by atoms with Crippen LogP contribution in [0.25, 0.3) is 11.3 Å². The number of amides is 1. The molecule has 0 spiro atoms. The number of rotatable bonds is 6.